The number of aliphatic hydroxyl groups excluding tert-OH is 1. The highest BCUT2D eigenvalue weighted by atomic mass is 35.5. The highest BCUT2D eigenvalue weighted by molar-refractivity contribution is 6.31. The third-order valence-electron chi connectivity index (χ3n) is 5.83. The quantitative estimate of drug-likeness (QED) is 0.288. The van der Waals surface area contributed by atoms with Crippen molar-refractivity contribution in [1.29, 1.82) is 0 Å². The Morgan fingerprint density at radius 3 is 2.10 bits per heavy atom. The minimum atomic E-state index is -5.00. The van der Waals surface area contributed by atoms with Gasteiger partial charge in [0, 0.05) is 25.5 Å². The lowest BCUT2D eigenvalue weighted by molar-refractivity contribution is -0.143. The minimum Gasteiger partial charge on any atom is -0.396 e. The van der Waals surface area contributed by atoms with Crippen molar-refractivity contribution in [2.45, 2.75) is 31.9 Å². The third kappa shape index (κ3) is 6.20. The van der Waals surface area contributed by atoms with Crippen molar-refractivity contribution in [2.24, 2.45) is 0 Å². The van der Waals surface area contributed by atoms with Gasteiger partial charge in [-0.2, -0.15) is 26.3 Å². The maximum Gasteiger partial charge on any atom is 0.416 e. The molecule has 2 aromatic carbocycles. The van der Waals surface area contributed by atoms with Gasteiger partial charge in [-0.15, -0.1) is 15.3 Å². The lowest BCUT2D eigenvalue weighted by atomic mass is 10.0. The van der Waals surface area contributed by atoms with Crippen LogP contribution in [0.1, 0.15) is 28.1 Å². The van der Waals surface area contributed by atoms with E-state index in [4.69, 9.17) is 11.6 Å². The van der Waals surface area contributed by atoms with E-state index in [2.05, 4.69) is 20.5 Å². The van der Waals surface area contributed by atoms with Crippen molar-refractivity contribution < 1.29 is 35.8 Å². The van der Waals surface area contributed by atoms with Gasteiger partial charge in [-0.05, 0) is 41.5 Å². The molecule has 2 heterocycles. The van der Waals surface area contributed by atoms with Gasteiger partial charge in [-0.1, -0.05) is 22.9 Å². The maximum atomic E-state index is 13.6. The second kappa shape index (κ2) is 11.0. The first-order chi connectivity index (χ1) is 18.7. The van der Waals surface area contributed by atoms with Gasteiger partial charge in [0.2, 0.25) is 0 Å². The largest absolute Gasteiger partial charge is 0.416 e. The summed E-state index contributed by atoms with van der Waals surface area (Å²) in [5.41, 5.74) is -2.60. The second-order valence-corrected chi connectivity index (χ2v) is 9.37. The molecule has 0 radical (unpaired) electrons. The fraction of sp³-hybridized carbons (Fsp3) is 0.333. The van der Waals surface area contributed by atoms with Gasteiger partial charge < -0.3 is 14.6 Å². The summed E-state index contributed by atoms with van der Waals surface area (Å²) in [6, 6.07) is 5.08. The molecule has 0 atom stereocenters. The summed E-state index contributed by atoms with van der Waals surface area (Å²) in [5, 5.41) is 25.9. The third-order valence-corrected chi connectivity index (χ3v) is 6.18. The Bertz CT molecular complexity index is 1480. The first-order valence-electron chi connectivity index (χ1n) is 11.6. The number of anilines is 1. The van der Waals surface area contributed by atoms with Crippen LogP contribution in [0.2, 0.25) is 5.02 Å². The molecule has 8 nitrogen and oxygen atoms in total. The standard InChI is InChI=1S/C24H21ClF7N7O/c1-37(2)22-20(21-35-33-19(5-6-40)38(21)12-14-3-4-17(26)10-18(14)25)34-36-39(22)11-13-7-15(23(27,28)29)9-16(8-13)24(30,31)32/h3-4,7-10,40H,5-6,11-12H2,1-2H3. The van der Waals surface area contributed by atoms with Crippen LogP contribution in [0.5, 0.6) is 0 Å². The number of rotatable bonds is 8. The number of hydrogen-bond donors (Lipinski definition) is 1. The summed E-state index contributed by atoms with van der Waals surface area (Å²) in [5.74, 6) is 0.124. The molecule has 0 unspecified atom stereocenters. The van der Waals surface area contributed by atoms with Crippen LogP contribution in [-0.2, 0) is 31.9 Å². The van der Waals surface area contributed by atoms with Gasteiger partial charge >= 0.3 is 12.4 Å². The molecular weight excluding hydrogens is 571 g/mol. The zero-order valence-electron chi connectivity index (χ0n) is 20.9. The molecule has 0 fully saturated rings. The second-order valence-electron chi connectivity index (χ2n) is 8.96. The van der Waals surface area contributed by atoms with Crippen molar-refractivity contribution in [3.05, 3.63) is 75.3 Å². The first kappa shape index (κ1) is 29.3. The molecule has 0 aliphatic carbocycles. The molecule has 16 heteroatoms. The van der Waals surface area contributed by atoms with Crippen LogP contribution in [0.25, 0.3) is 11.5 Å². The van der Waals surface area contributed by atoms with E-state index >= 15 is 0 Å². The number of halogens is 8. The van der Waals surface area contributed by atoms with Crippen molar-refractivity contribution in [1.82, 2.24) is 29.8 Å². The van der Waals surface area contributed by atoms with Crippen LogP contribution >= 0.6 is 11.6 Å². The fourth-order valence-corrected chi connectivity index (χ4v) is 4.29. The van der Waals surface area contributed by atoms with Crippen molar-refractivity contribution in [3.8, 4) is 11.5 Å². The lowest BCUT2D eigenvalue weighted by Gasteiger charge is -2.18. The van der Waals surface area contributed by atoms with E-state index in [9.17, 15) is 35.8 Å². The zero-order valence-corrected chi connectivity index (χ0v) is 21.6. The summed E-state index contributed by atoms with van der Waals surface area (Å²) in [6.07, 6.45) is -9.92. The van der Waals surface area contributed by atoms with Crippen LogP contribution in [0.3, 0.4) is 0 Å². The number of benzene rings is 2. The Labute approximate surface area is 227 Å². The predicted molar refractivity (Wildman–Crippen MR) is 130 cm³/mol. The maximum absolute atomic E-state index is 13.6. The molecule has 0 aliphatic heterocycles. The first-order valence-corrected chi connectivity index (χ1v) is 11.9. The number of alkyl halides is 6. The van der Waals surface area contributed by atoms with E-state index in [-0.39, 0.29) is 53.6 Å². The molecule has 2 aromatic heterocycles. The van der Waals surface area contributed by atoms with Crippen molar-refractivity contribution in [2.75, 3.05) is 25.6 Å². The molecule has 1 N–H and O–H groups in total. The molecule has 4 rings (SSSR count). The molecule has 0 amide bonds. The zero-order chi connectivity index (χ0) is 29.4. The highest BCUT2D eigenvalue weighted by Crippen LogP contribution is 2.37. The van der Waals surface area contributed by atoms with Crippen LogP contribution in [0.15, 0.2) is 36.4 Å². The Balaban J connectivity index is 1.80. The molecule has 214 valence electrons. The minimum absolute atomic E-state index is 0.0408. The van der Waals surface area contributed by atoms with Crippen molar-refractivity contribution >= 4 is 17.4 Å². The van der Waals surface area contributed by atoms with Crippen LogP contribution < -0.4 is 4.90 Å². The van der Waals surface area contributed by atoms with Gasteiger partial charge in [0.25, 0.3) is 0 Å². The van der Waals surface area contributed by atoms with Gasteiger partial charge in [0.05, 0.1) is 30.8 Å². The van der Waals surface area contributed by atoms with E-state index in [1.807, 2.05) is 0 Å². The van der Waals surface area contributed by atoms with Crippen LogP contribution in [0, 0.1) is 5.82 Å². The van der Waals surface area contributed by atoms with Crippen molar-refractivity contribution in [3.63, 3.8) is 0 Å². The number of aromatic nitrogens is 6. The Kier molecular flexibility index (Phi) is 8.08. The van der Waals surface area contributed by atoms with Gasteiger partial charge in [-0.25, -0.2) is 9.07 Å². The van der Waals surface area contributed by atoms with E-state index in [0.29, 0.717) is 23.5 Å². The van der Waals surface area contributed by atoms with Crippen LogP contribution in [0.4, 0.5) is 36.6 Å². The van der Waals surface area contributed by atoms with Crippen LogP contribution in [-0.4, -0.2) is 55.6 Å². The molecule has 0 bridgehead atoms. The fourth-order valence-electron chi connectivity index (χ4n) is 4.07. The summed E-state index contributed by atoms with van der Waals surface area (Å²) in [6.45, 7) is -0.715. The smallest absolute Gasteiger partial charge is 0.396 e. The lowest BCUT2D eigenvalue weighted by Crippen LogP contribution is -2.18. The Hall–Kier alpha value is -3.72. The molecular formula is C24H21ClF7N7O. The molecule has 0 spiro atoms. The Morgan fingerprint density at radius 1 is 0.900 bits per heavy atom. The molecule has 4 aromatic rings. The van der Waals surface area contributed by atoms with Gasteiger partial charge in [0.15, 0.2) is 17.3 Å². The predicted octanol–water partition coefficient (Wildman–Crippen LogP) is 5.06. The van der Waals surface area contributed by atoms with Gasteiger partial charge in [0.1, 0.15) is 11.6 Å². The molecule has 0 saturated carbocycles. The Morgan fingerprint density at radius 2 is 1.55 bits per heavy atom. The highest BCUT2D eigenvalue weighted by Gasteiger charge is 2.37. The molecule has 40 heavy (non-hydrogen) atoms. The van der Waals surface area contributed by atoms with Gasteiger partial charge in [-0.3, -0.25) is 0 Å². The monoisotopic (exact) mass is 591 g/mol. The SMILES string of the molecule is CN(C)c1c(-c2nnc(CCO)n2Cc2ccc(F)cc2Cl)nnn1Cc1cc(C(F)(F)F)cc(C(F)(F)F)c1. The van der Waals surface area contributed by atoms with E-state index in [1.54, 1.807) is 18.7 Å². The summed E-state index contributed by atoms with van der Waals surface area (Å²) in [4.78, 5) is 1.52. The van der Waals surface area contributed by atoms with E-state index < -0.39 is 35.8 Å². The number of hydrogen-bond acceptors (Lipinski definition) is 6. The average Bonchev–Trinajstić information content (AvgIpc) is 3.43. The summed E-state index contributed by atoms with van der Waals surface area (Å²) >= 11 is 6.20. The number of aliphatic hydroxyl groups is 1. The van der Waals surface area contributed by atoms with E-state index in [0.717, 1.165) is 10.7 Å². The number of nitrogens with zero attached hydrogens (tertiary/aromatic N) is 7. The average molecular weight is 592 g/mol. The normalized spacial score (nSPS) is 12.3. The summed E-state index contributed by atoms with van der Waals surface area (Å²) in [7, 11) is 3.16. The topological polar surface area (TPSA) is 84.9 Å². The molecule has 0 aliphatic rings. The van der Waals surface area contributed by atoms with E-state index in [1.165, 1.54) is 17.0 Å². The molecule has 0 saturated heterocycles. The summed E-state index contributed by atoms with van der Waals surface area (Å²) < 4.78 is 96.5.